The van der Waals surface area contributed by atoms with Crippen LogP contribution >= 0.6 is 8.58 Å². The van der Waals surface area contributed by atoms with Gasteiger partial charge in [-0.25, -0.2) is 0 Å². The second kappa shape index (κ2) is 10.0. The Bertz CT molecular complexity index is 1070. The number of hydrogen-bond acceptors (Lipinski definition) is 2. The molecule has 2 aliphatic rings. The molecule has 3 heteroatoms. The molecule has 0 saturated heterocycles. The average molecular weight is 445 g/mol. The molecule has 4 rings (SSSR count). The van der Waals surface area contributed by atoms with Gasteiger partial charge in [0.05, 0.1) is 5.60 Å². The van der Waals surface area contributed by atoms with Crippen molar-refractivity contribution in [3.8, 4) is 5.75 Å². The molecule has 3 unspecified atom stereocenters. The lowest BCUT2D eigenvalue weighted by atomic mass is 9.89. The number of hydrogen-bond donors (Lipinski definition) is 2. The number of aliphatic hydroxyl groups is 1. The Balaban J connectivity index is 1.68. The van der Waals surface area contributed by atoms with E-state index in [1.165, 1.54) is 5.56 Å². The molecule has 0 bridgehead atoms. The van der Waals surface area contributed by atoms with E-state index in [9.17, 15) is 10.2 Å². The molecule has 0 spiro atoms. The summed E-state index contributed by atoms with van der Waals surface area (Å²) in [5.41, 5.74) is 2.32. The van der Waals surface area contributed by atoms with Gasteiger partial charge < -0.3 is 10.2 Å². The molecule has 2 aliphatic carbocycles. The Morgan fingerprint density at radius 1 is 0.875 bits per heavy atom. The van der Waals surface area contributed by atoms with E-state index >= 15 is 0 Å². The second-order valence-corrected chi connectivity index (χ2v) is 10.7. The van der Waals surface area contributed by atoms with Gasteiger partial charge in [-0.3, -0.25) is 0 Å². The van der Waals surface area contributed by atoms with Crippen LogP contribution in [-0.4, -0.2) is 10.2 Å². The molecule has 0 saturated carbocycles. The van der Waals surface area contributed by atoms with Crippen molar-refractivity contribution in [2.24, 2.45) is 11.8 Å². The normalized spacial score (nSPS) is 20.5. The van der Waals surface area contributed by atoms with Crippen LogP contribution in [0.5, 0.6) is 5.75 Å². The van der Waals surface area contributed by atoms with Crippen molar-refractivity contribution in [1.82, 2.24) is 0 Å². The van der Waals surface area contributed by atoms with Gasteiger partial charge in [-0.05, 0) is 79.4 Å². The van der Waals surface area contributed by atoms with Crippen LogP contribution in [0.2, 0.25) is 0 Å². The molecule has 0 fully saturated rings. The van der Waals surface area contributed by atoms with Crippen LogP contribution < -0.4 is 10.6 Å². The van der Waals surface area contributed by atoms with Gasteiger partial charge in [0.1, 0.15) is 5.75 Å². The molecular weight excluding hydrogens is 411 g/mol. The summed E-state index contributed by atoms with van der Waals surface area (Å²) in [5.74, 6) is 1.33. The predicted octanol–water partition coefficient (Wildman–Crippen LogP) is 5.60. The third kappa shape index (κ3) is 5.68. The molecule has 2 N–H and O–H groups in total. The molecule has 2 aromatic carbocycles. The van der Waals surface area contributed by atoms with Crippen molar-refractivity contribution < 1.29 is 10.2 Å². The van der Waals surface area contributed by atoms with Gasteiger partial charge in [0.2, 0.25) is 0 Å². The molecule has 0 amide bonds. The molecule has 32 heavy (non-hydrogen) atoms. The Kier molecular flexibility index (Phi) is 7.13. The van der Waals surface area contributed by atoms with E-state index in [-0.39, 0.29) is 0 Å². The van der Waals surface area contributed by atoms with Crippen molar-refractivity contribution in [2.45, 2.75) is 45.1 Å². The lowest BCUT2D eigenvalue weighted by Gasteiger charge is -2.23. The van der Waals surface area contributed by atoms with Crippen LogP contribution in [0, 0.1) is 11.8 Å². The predicted molar refractivity (Wildman–Crippen MR) is 138 cm³/mol. The number of benzene rings is 2. The first kappa shape index (κ1) is 22.8. The van der Waals surface area contributed by atoms with Crippen LogP contribution in [0.25, 0.3) is 0 Å². The minimum atomic E-state index is -0.919. The van der Waals surface area contributed by atoms with E-state index in [2.05, 4.69) is 66.8 Å². The first-order valence-electron chi connectivity index (χ1n) is 11.5. The monoisotopic (exact) mass is 444 g/mol. The number of rotatable bonds is 7. The minimum Gasteiger partial charge on any atom is -0.507 e. The van der Waals surface area contributed by atoms with Gasteiger partial charge in [-0.15, -0.1) is 0 Å². The highest BCUT2D eigenvalue weighted by Gasteiger charge is 2.22. The fraction of sp³-hybridized carbons (Fsp3) is 0.310. The van der Waals surface area contributed by atoms with Gasteiger partial charge >= 0.3 is 0 Å². The van der Waals surface area contributed by atoms with Gasteiger partial charge in [-0.2, -0.15) is 0 Å². The van der Waals surface area contributed by atoms with Crippen molar-refractivity contribution >= 4 is 19.2 Å². The molecule has 0 aromatic heterocycles. The number of aromatic hydroxyl groups is 1. The van der Waals surface area contributed by atoms with E-state index in [4.69, 9.17) is 0 Å². The summed E-state index contributed by atoms with van der Waals surface area (Å²) in [6.45, 7) is 3.65. The maximum Gasteiger partial charge on any atom is 0.126 e. The highest BCUT2D eigenvalue weighted by Crippen LogP contribution is 2.32. The Labute approximate surface area is 193 Å². The summed E-state index contributed by atoms with van der Waals surface area (Å²) in [4.78, 5) is 0. The first-order chi connectivity index (χ1) is 15.4. The lowest BCUT2D eigenvalue weighted by molar-refractivity contribution is 0.0797. The summed E-state index contributed by atoms with van der Waals surface area (Å²) in [6.07, 6.45) is 21.3. The zero-order chi connectivity index (χ0) is 22.6. The maximum absolute atomic E-state index is 11.3. The first-order valence-corrected chi connectivity index (χ1v) is 12.5. The van der Waals surface area contributed by atoms with Crippen LogP contribution in [0.3, 0.4) is 0 Å². The molecule has 0 radical (unpaired) electrons. The fourth-order valence-corrected chi connectivity index (χ4v) is 6.08. The smallest absolute Gasteiger partial charge is 0.126 e. The van der Waals surface area contributed by atoms with Crippen molar-refractivity contribution in [1.29, 1.82) is 0 Å². The molecule has 0 aliphatic heterocycles. The molecule has 3 atom stereocenters. The Hall–Kier alpha value is -2.41. The third-order valence-corrected chi connectivity index (χ3v) is 7.58. The van der Waals surface area contributed by atoms with Crippen LogP contribution in [0.4, 0.5) is 0 Å². The van der Waals surface area contributed by atoms with Crippen LogP contribution in [-0.2, 0) is 18.4 Å². The number of phenolic OH excluding ortho intramolecular Hbond substituents is 1. The third-order valence-electron chi connectivity index (χ3n) is 6.22. The van der Waals surface area contributed by atoms with E-state index in [1.807, 2.05) is 32.0 Å². The second-order valence-electron chi connectivity index (χ2n) is 9.41. The Morgan fingerprint density at radius 3 is 2.16 bits per heavy atom. The summed E-state index contributed by atoms with van der Waals surface area (Å²) in [6, 6.07) is 12.4. The maximum atomic E-state index is 11.3. The fourth-order valence-electron chi connectivity index (χ4n) is 4.55. The largest absolute Gasteiger partial charge is 0.507 e. The van der Waals surface area contributed by atoms with Crippen molar-refractivity contribution in [2.75, 3.05) is 0 Å². The SMILES string of the molecule is CC(C)(O)c1ccccc1Pc1cc(CC2C=CC=CC2)cc(CC2C=CC=CC2)c1O. The minimum absolute atomic E-state index is 0.291. The van der Waals surface area contributed by atoms with E-state index in [0.717, 1.165) is 47.4 Å². The van der Waals surface area contributed by atoms with Crippen molar-refractivity contribution in [3.63, 3.8) is 0 Å². The average Bonchev–Trinajstić information content (AvgIpc) is 2.78. The summed E-state index contributed by atoms with van der Waals surface area (Å²) in [7, 11) is 0.291. The summed E-state index contributed by atoms with van der Waals surface area (Å²) < 4.78 is 0. The molecule has 0 heterocycles. The van der Waals surface area contributed by atoms with E-state index in [1.54, 1.807) is 0 Å². The summed E-state index contributed by atoms with van der Waals surface area (Å²) in [5, 5.41) is 24.0. The molecular formula is C29H33O2P. The molecule has 2 aromatic rings. The van der Waals surface area contributed by atoms with Gasteiger partial charge in [0, 0.05) is 5.30 Å². The topological polar surface area (TPSA) is 40.5 Å². The Morgan fingerprint density at radius 2 is 1.53 bits per heavy atom. The summed E-state index contributed by atoms with van der Waals surface area (Å²) >= 11 is 0. The van der Waals surface area contributed by atoms with Gasteiger partial charge in [-0.1, -0.05) is 87.5 Å². The van der Waals surface area contributed by atoms with E-state index in [0.29, 0.717) is 26.2 Å². The zero-order valence-electron chi connectivity index (χ0n) is 19.0. The zero-order valence-corrected chi connectivity index (χ0v) is 20.0. The highest BCUT2D eigenvalue weighted by molar-refractivity contribution is 7.55. The molecule has 166 valence electrons. The van der Waals surface area contributed by atoms with Crippen LogP contribution in [0.15, 0.2) is 85.0 Å². The number of allylic oxidation sites excluding steroid dienone is 8. The van der Waals surface area contributed by atoms with Crippen LogP contribution in [0.1, 0.15) is 43.4 Å². The highest BCUT2D eigenvalue weighted by atomic mass is 31.1. The lowest BCUT2D eigenvalue weighted by Crippen LogP contribution is -2.24. The van der Waals surface area contributed by atoms with E-state index < -0.39 is 5.60 Å². The van der Waals surface area contributed by atoms with Gasteiger partial charge in [0.25, 0.3) is 0 Å². The number of phenols is 1. The van der Waals surface area contributed by atoms with Crippen molar-refractivity contribution in [3.05, 3.63) is 102 Å². The van der Waals surface area contributed by atoms with Gasteiger partial charge in [0.15, 0.2) is 0 Å². The standard InChI is InChI=1S/C29H33O2P/c1-29(2,31)25-15-9-10-16-26(25)32-27-20-23(17-21-11-5-3-6-12-21)19-24(28(27)30)18-22-13-7-4-8-14-22/h3-11,13,15-16,19-22,30-32H,12,14,17-18H2,1-2H3. The quantitative estimate of drug-likeness (QED) is 0.546. The molecule has 2 nitrogen and oxygen atoms in total.